The Bertz CT molecular complexity index is 919. The molecule has 136 valence electrons. The van der Waals surface area contributed by atoms with Gasteiger partial charge in [-0.3, -0.25) is 0 Å². The molecule has 0 spiro atoms. The summed E-state index contributed by atoms with van der Waals surface area (Å²) in [7, 11) is 1.99. The number of carbonyl (C=O) groups is 1. The zero-order chi connectivity index (χ0) is 18.7. The van der Waals surface area contributed by atoms with E-state index in [-0.39, 0.29) is 11.9 Å². The van der Waals surface area contributed by atoms with Crippen molar-refractivity contribution in [3.8, 4) is 0 Å². The molecule has 1 aromatic carbocycles. The summed E-state index contributed by atoms with van der Waals surface area (Å²) in [6.07, 6.45) is 2.64. The van der Waals surface area contributed by atoms with Crippen molar-refractivity contribution in [2.75, 3.05) is 36.6 Å². The van der Waals surface area contributed by atoms with Gasteiger partial charge in [0.15, 0.2) is 0 Å². The largest absolute Gasteiger partial charge is 0.462 e. The quantitative estimate of drug-likeness (QED) is 0.578. The summed E-state index contributed by atoms with van der Waals surface area (Å²) < 4.78 is 5.00. The van der Waals surface area contributed by atoms with Crippen LogP contribution < -0.4 is 16.4 Å². The van der Waals surface area contributed by atoms with E-state index in [1.807, 2.05) is 25.4 Å². The van der Waals surface area contributed by atoms with E-state index < -0.39 is 0 Å². The third kappa shape index (κ3) is 3.53. The van der Waals surface area contributed by atoms with Crippen molar-refractivity contribution in [2.45, 2.75) is 13.3 Å². The van der Waals surface area contributed by atoms with E-state index in [4.69, 9.17) is 16.2 Å². The molecule has 8 nitrogen and oxygen atoms in total. The van der Waals surface area contributed by atoms with Crippen molar-refractivity contribution in [1.82, 2.24) is 15.0 Å². The van der Waals surface area contributed by atoms with Crippen LogP contribution in [0.15, 0.2) is 30.5 Å². The lowest BCUT2D eigenvalue weighted by atomic mass is 10.1. The molecule has 0 bridgehead atoms. The van der Waals surface area contributed by atoms with Crippen LogP contribution in [-0.4, -0.2) is 41.1 Å². The van der Waals surface area contributed by atoms with Gasteiger partial charge < -0.3 is 26.1 Å². The lowest BCUT2D eigenvalue weighted by Crippen LogP contribution is -2.20. The van der Waals surface area contributed by atoms with Crippen LogP contribution in [0.5, 0.6) is 0 Å². The molecule has 3 rings (SSSR count). The predicted octanol–water partition coefficient (Wildman–Crippen LogP) is 1.98. The molecule has 2 aromatic heterocycles. The fourth-order valence-electron chi connectivity index (χ4n) is 2.83. The van der Waals surface area contributed by atoms with E-state index >= 15 is 0 Å². The Morgan fingerprint density at radius 3 is 2.65 bits per heavy atom. The van der Waals surface area contributed by atoms with Gasteiger partial charge in [0.25, 0.3) is 0 Å². The second-order valence-corrected chi connectivity index (χ2v) is 5.94. The molecular formula is C18H22N6O2. The number of fused-ring (bicyclic) bond motifs is 1. The predicted molar refractivity (Wildman–Crippen MR) is 102 cm³/mol. The molecule has 0 saturated carbocycles. The molecule has 0 aliphatic heterocycles. The van der Waals surface area contributed by atoms with E-state index in [1.165, 1.54) is 0 Å². The third-order valence-electron chi connectivity index (χ3n) is 4.19. The zero-order valence-corrected chi connectivity index (χ0v) is 14.8. The van der Waals surface area contributed by atoms with Gasteiger partial charge in [0, 0.05) is 25.5 Å². The maximum atomic E-state index is 11.7. The smallest absolute Gasteiger partial charge is 0.338 e. The average Bonchev–Trinajstić information content (AvgIpc) is 3.03. The number of rotatable bonds is 6. The standard InChI is InChI=1S/C18H22N6O2/c1-3-26-17(25)11-4-6-13(7-5-11)24(2)9-8-12-10-21-16-14(12)15(19)22-18(20)23-16/h4-7,10H,3,8-9H2,1-2H3,(H5,19,20,21,22,23). The molecule has 8 heteroatoms. The van der Waals surface area contributed by atoms with E-state index in [9.17, 15) is 4.79 Å². The van der Waals surface area contributed by atoms with Crippen LogP contribution in [0.2, 0.25) is 0 Å². The van der Waals surface area contributed by atoms with Crippen LogP contribution in [0, 0.1) is 0 Å². The summed E-state index contributed by atoms with van der Waals surface area (Å²) in [4.78, 5) is 25.1. The summed E-state index contributed by atoms with van der Waals surface area (Å²) >= 11 is 0. The summed E-state index contributed by atoms with van der Waals surface area (Å²) in [5.41, 5.74) is 14.8. The molecule has 0 radical (unpaired) electrons. The van der Waals surface area contributed by atoms with Crippen molar-refractivity contribution in [3.05, 3.63) is 41.6 Å². The molecule has 0 saturated heterocycles. The van der Waals surface area contributed by atoms with Gasteiger partial charge in [-0.1, -0.05) is 0 Å². The van der Waals surface area contributed by atoms with Crippen molar-refractivity contribution >= 4 is 34.5 Å². The van der Waals surface area contributed by atoms with Crippen LogP contribution in [0.3, 0.4) is 0 Å². The van der Waals surface area contributed by atoms with Gasteiger partial charge in [0.1, 0.15) is 11.5 Å². The molecule has 0 atom stereocenters. The SMILES string of the molecule is CCOC(=O)c1ccc(N(C)CCc2c[nH]c3nc(N)nc(N)c23)cc1. The van der Waals surface area contributed by atoms with E-state index in [0.717, 1.165) is 29.6 Å². The van der Waals surface area contributed by atoms with Crippen molar-refractivity contribution in [2.24, 2.45) is 0 Å². The summed E-state index contributed by atoms with van der Waals surface area (Å²) in [6.45, 7) is 2.91. The maximum Gasteiger partial charge on any atom is 0.338 e. The van der Waals surface area contributed by atoms with Gasteiger partial charge in [0.05, 0.1) is 17.6 Å². The van der Waals surface area contributed by atoms with Crippen molar-refractivity contribution < 1.29 is 9.53 Å². The molecule has 0 aliphatic carbocycles. The molecule has 3 aromatic rings. The first kappa shape index (κ1) is 17.5. The molecule has 5 N–H and O–H groups in total. The number of carbonyl (C=O) groups excluding carboxylic acids is 1. The Morgan fingerprint density at radius 1 is 1.23 bits per heavy atom. The number of aromatic nitrogens is 3. The molecule has 0 aliphatic rings. The highest BCUT2D eigenvalue weighted by Crippen LogP contribution is 2.23. The number of esters is 1. The second kappa shape index (κ2) is 7.30. The maximum absolute atomic E-state index is 11.7. The number of anilines is 3. The highest BCUT2D eigenvalue weighted by Gasteiger charge is 2.12. The minimum absolute atomic E-state index is 0.155. The lowest BCUT2D eigenvalue weighted by molar-refractivity contribution is 0.0526. The van der Waals surface area contributed by atoms with Crippen LogP contribution in [0.1, 0.15) is 22.8 Å². The molecule has 26 heavy (non-hydrogen) atoms. The molecule has 0 fully saturated rings. The van der Waals surface area contributed by atoms with E-state index in [1.54, 1.807) is 19.1 Å². The van der Waals surface area contributed by atoms with Gasteiger partial charge >= 0.3 is 5.97 Å². The molecular weight excluding hydrogens is 332 g/mol. The minimum atomic E-state index is -0.310. The zero-order valence-electron chi connectivity index (χ0n) is 14.8. The van der Waals surface area contributed by atoms with Gasteiger partial charge in [-0.05, 0) is 43.2 Å². The number of H-pyrrole nitrogens is 1. The topological polar surface area (TPSA) is 123 Å². The number of nitrogens with two attached hydrogens (primary N) is 2. The Labute approximate surface area is 151 Å². The van der Waals surface area contributed by atoms with Gasteiger partial charge in [-0.2, -0.15) is 9.97 Å². The Morgan fingerprint density at radius 2 is 1.96 bits per heavy atom. The molecule has 0 unspecified atom stereocenters. The number of nitrogen functional groups attached to an aromatic ring is 2. The first-order chi connectivity index (χ1) is 12.5. The highest BCUT2D eigenvalue weighted by molar-refractivity contribution is 5.90. The first-order valence-electron chi connectivity index (χ1n) is 8.37. The Kier molecular flexibility index (Phi) is 4.92. The number of hydrogen-bond acceptors (Lipinski definition) is 7. The average molecular weight is 354 g/mol. The Balaban J connectivity index is 1.69. The van der Waals surface area contributed by atoms with Crippen LogP contribution in [0.25, 0.3) is 11.0 Å². The monoisotopic (exact) mass is 354 g/mol. The van der Waals surface area contributed by atoms with Gasteiger partial charge in [-0.25, -0.2) is 4.79 Å². The lowest BCUT2D eigenvalue weighted by Gasteiger charge is -2.19. The van der Waals surface area contributed by atoms with Gasteiger partial charge in [0.2, 0.25) is 5.95 Å². The van der Waals surface area contributed by atoms with Crippen LogP contribution in [0.4, 0.5) is 17.5 Å². The summed E-state index contributed by atoms with van der Waals surface area (Å²) in [5.74, 6) is 0.225. The fraction of sp³-hybridized carbons (Fsp3) is 0.278. The molecule has 0 amide bonds. The fourth-order valence-corrected chi connectivity index (χ4v) is 2.83. The van der Waals surface area contributed by atoms with E-state index in [0.29, 0.717) is 23.6 Å². The third-order valence-corrected chi connectivity index (χ3v) is 4.19. The van der Waals surface area contributed by atoms with Crippen molar-refractivity contribution in [1.29, 1.82) is 0 Å². The number of aromatic amines is 1. The van der Waals surface area contributed by atoms with Crippen LogP contribution >= 0.6 is 0 Å². The number of nitrogens with zero attached hydrogens (tertiary/aromatic N) is 3. The Hall–Kier alpha value is -3.29. The summed E-state index contributed by atoms with van der Waals surface area (Å²) in [6, 6.07) is 7.34. The van der Waals surface area contributed by atoms with Gasteiger partial charge in [-0.15, -0.1) is 0 Å². The minimum Gasteiger partial charge on any atom is -0.462 e. The van der Waals surface area contributed by atoms with Crippen molar-refractivity contribution in [3.63, 3.8) is 0 Å². The first-order valence-corrected chi connectivity index (χ1v) is 8.37. The normalized spacial score (nSPS) is 10.8. The second-order valence-electron chi connectivity index (χ2n) is 5.94. The number of hydrogen-bond donors (Lipinski definition) is 3. The number of benzene rings is 1. The van der Waals surface area contributed by atoms with E-state index in [2.05, 4.69) is 19.9 Å². The summed E-state index contributed by atoms with van der Waals surface area (Å²) in [5, 5.41) is 0.810. The number of nitrogens with one attached hydrogen (secondary N) is 1. The van der Waals surface area contributed by atoms with Crippen LogP contribution in [-0.2, 0) is 11.2 Å². The number of ether oxygens (including phenoxy) is 1. The molecule has 2 heterocycles. The number of likely N-dealkylation sites (N-methyl/N-ethyl adjacent to an activating group) is 1. The highest BCUT2D eigenvalue weighted by atomic mass is 16.5.